The Labute approximate surface area is 165 Å². The maximum absolute atomic E-state index is 12.8. The molecule has 29 heavy (non-hydrogen) atoms. The highest BCUT2D eigenvalue weighted by Gasteiger charge is 2.69. The Morgan fingerprint density at radius 1 is 0.621 bits per heavy atom. The van der Waals surface area contributed by atoms with Crippen molar-refractivity contribution in [3.63, 3.8) is 0 Å². The van der Waals surface area contributed by atoms with Crippen LogP contribution in [0, 0.1) is 13.8 Å². The van der Waals surface area contributed by atoms with Gasteiger partial charge in [0.15, 0.2) is 0 Å². The molecule has 154 valence electrons. The van der Waals surface area contributed by atoms with Crippen LogP contribution in [0.4, 0.5) is 0 Å². The van der Waals surface area contributed by atoms with Gasteiger partial charge in [-0.3, -0.25) is 9.59 Å². The number of carboxylic acid groups (broad SMARTS) is 2. The molecule has 2 aromatic carbocycles. The van der Waals surface area contributed by atoms with Gasteiger partial charge < -0.3 is 25.9 Å². The van der Waals surface area contributed by atoms with Gasteiger partial charge in [-0.25, -0.2) is 9.59 Å². The largest absolute Gasteiger partial charge is 0.479 e. The van der Waals surface area contributed by atoms with Crippen LogP contribution in [-0.2, 0) is 9.59 Å². The van der Waals surface area contributed by atoms with E-state index >= 15 is 0 Å². The van der Waals surface area contributed by atoms with Crippen LogP contribution in [0.2, 0.25) is 0 Å². The fourth-order valence-corrected chi connectivity index (χ4v) is 2.66. The van der Waals surface area contributed by atoms with Gasteiger partial charge >= 0.3 is 11.9 Å². The van der Waals surface area contributed by atoms with E-state index in [-0.39, 0.29) is 16.6 Å². The van der Waals surface area contributed by atoms with Crippen molar-refractivity contribution in [3.8, 4) is 0 Å². The van der Waals surface area contributed by atoms with E-state index in [9.17, 15) is 39.6 Å². The Balaban J connectivity index is 0.00000420. The lowest BCUT2D eigenvalue weighted by Gasteiger charge is -2.34. The van der Waals surface area contributed by atoms with Crippen LogP contribution in [0.5, 0.6) is 0 Å². The molecule has 9 heteroatoms. The second-order valence-corrected chi connectivity index (χ2v) is 6.42. The Morgan fingerprint density at radius 3 is 1.07 bits per heavy atom. The smallest absolute Gasteiger partial charge is 0.348 e. The molecule has 0 heterocycles. The molecule has 0 aliphatic rings. The van der Waals surface area contributed by atoms with Crippen molar-refractivity contribution in [2.45, 2.75) is 25.0 Å². The number of carbonyl (C=O) groups excluding carboxylic acids is 2. The molecule has 0 aliphatic carbocycles. The minimum Gasteiger partial charge on any atom is -0.479 e. The first kappa shape index (κ1) is 23.6. The van der Waals surface area contributed by atoms with Crippen LogP contribution in [0.3, 0.4) is 0 Å². The van der Waals surface area contributed by atoms with Crippen molar-refractivity contribution in [2.75, 3.05) is 0 Å². The van der Waals surface area contributed by atoms with Crippen LogP contribution >= 0.6 is 0 Å². The molecule has 0 saturated heterocycles. The molecule has 0 aliphatic heterocycles. The molecule has 0 spiro atoms. The van der Waals surface area contributed by atoms with Gasteiger partial charge in [-0.1, -0.05) is 59.7 Å². The molecule has 0 amide bonds. The number of carbonyl (C=O) groups is 4. The van der Waals surface area contributed by atoms with Gasteiger partial charge in [0.25, 0.3) is 11.2 Å². The van der Waals surface area contributed by atoms with Gasteiger partial charge in [-0.15, -0.1) is 0 Å². The van der Waals surface area contributed by atoms with Gasteiger partial charge in [0.1, 0.15) is 0 Å². The van der Waals surface area contributed by atoms with Crippen molar-refractivity contribution >= 4 is 23.5 Å². The zero-order valence-electron chi connectivity index (χ0n) is 15.5. The van der Waals surface area contributed by atoms with Crippen molar-refractivity contribution in [1.82, 2.24) is 0 Å². The minimum atomic E-state index is -3.96. The fraction of sp³-hybridized carbons (Fsp3) is 0.200. The number of rotatable bonds is 7. The molecular formula is C20H20O9. The Morgan fingerprint density at radius 2 is 0.862 bits per heavy atom. The first-order valence-corrected chi connectivity index (χ1v) is 8.10. The predicted molar refractivity (Wildman–Crippen MR) is 99.8 cm³/mol. The Hall–Kier alpha value is -3.40. The van der Waals surface area contributed by atoms with E-state index in [4.69, 9.17) is 0 Å². The highest BCUT2D eigenvalue weighted by Crippen LogP contribution is 2.32. The number of carboxylic acids is 2. The van der Waals surface area contributed by atoms with E-state index in [1.165, 1.54) is 24.3 Å². The van der Waals surface area contributed by atoms with Crippen LogP contribution in [0.15, 0.2) is 48.5 Å². The van der Waals surface area contributed by atoms with Gasteiger partial charge in [-0.2, -0.15) is 0 Å². The molecule has 2 aromatic rings. The SMILES string of the molecule is Cc1ccc(C(=O)C(O)(C(=O)O)C(O)(C(=O)O)C(=O)c2ccc(C)cc2)cc1.O. The second kappa shape index (κ2) is 8.31. The number of Topliss-reactive ketones (excluding diaryl/α,β-unsaturated/α-hetero) is 2. The standard InChI is InChI=1S/C20H18O8.H2O/c1-11-3-7-13(8-4-11)15(21)19(27,17(23)24)20(28,18(25)26)16(22)14-9-5-12(2)6-10-14;/h3-10,27-28H,1-2H3,(H,23,24)(H,25,26);1H2. The molecule has 2 rings (SSSR count). The quantitative estimate of drug-likeness (QED) is 0.372. The van der Waals surface area contributed by atoms with E-state index < -0.39 is 34.7 Å². The lowest BCUT2D eigenvalue weighted by Crippen LogP contribution is -2.71. The zero-order valence-corrected chi connectivity index (χ0v) is 15.5. The summed E-state index contributed by atoms with van der Waals surface area (Å²) in [4.78, 5) is 49.1. The molecule has 0 radical (unpaired) electrons. The van der Waals surface area contributed by atoms with Gasteiger partial charge in [-0.05, 0) is 13.8 Å². The average molecular weight is 404 g/mol. The molecule has 9 nitrogen and oxygen atoms in total. The summed E-state index contributed by atoms with van der Waals surface area (Å²) in [5.74, 6) is -8.01. The number of aliphatic hydroxyl groups is 2. The summed E-state index contributed by atoms with van der Waals surface area (Å²) in [6, 6.07) is 10.3. The highest BCUT2D eigenvalue weighted by atomic mass is 16.5. The van der Waals surface area contributed by atoms with Gasteiger partial charge in [0.2, 0.25) is 11.6 Å². The average Bonchev–Trinajstić information content (AvgIpc) is 2.66. The summed E-state index contributed by atoms with van der Waals surface area (Å²) in [6.07, 6.45) is 0. The molecule has 0 aromatic heterocycles. The highest BCUT2D eigenvalue weighted by molar-refractivity contribution is 6.28. The Bertz CT molecular complexity index is 867. The molecule has 0 fully saturated rings. The van der Waals surface area contributed by atoms with Gasteiger partial charge in [0.05, 0.1) is 0 Å². The molecule has 2 unspecified atom stereocenters. The Kier molecular flexibility index (Phi) is 6.78. The van der Waals surface area contributed by atoms with E-state index in [0.717, 1.165) is 24.3 Å². The summed E-state index contributed by atoms with van der Waals surface area (Å²) in [5, 5.41) is 40.3. The zero-order chi connectivity index (χ0) is 21.3. The lowest BCUT2D eigenvalue weighted by molar-refractivity contribution is -0.187. The summed E-state index contributed by atoms with van der Waals surface area (Å²) in [5.41, 5.74) is -7.27. The third-order valence-corrected chi connectivity index (χ3v) is 4.43. The lowest BCUT2D eigenvalue weighted by atomic mass is 9.73. The number of hydrogen-bond donors (Lipinski definition) is 4. The predicted octanol–water partition coefficient (Wildman–Crippen LogP) is 0.176. The van der Waals surface area contributed by atoms with Crippen LogP contribution in [0.1, 0.15) is 31.8 Å². The first-order chi connectivity index (χ1) is 13.0. The molecule has 6 N–H and O–H groups in total. The third-order valence-electron chi connectivity index (χ3n) is 4.43. The minimum absolute atomic E-state index is 0. The maximum atomic E-state index is 12.8. The fourth-order valence-electron chi connectivity index (χ4n) is 2.66. The molecule has 0 bridgehead atoms. The molecular weight excluding hydrogens is 384 g/mol. The van der Waals surface area contributed by atoms with Crippen molar-refractivity contribution < 1.29 is 45.1 Å². The second-order valence-electron chi connectivity index (χ2n) is 6.42. The van der Waals surface area contributed by atoms with Crippen molar-refractivity contribution in [3.05, 3.63) is 70.8 Å². The van der Waals surface area contributed by atoms with Crippen LogP contribution in [-0.4, -0.2) is 60.6 Å². The monoisotopic (exact) mass is 404 g/mol. The molecule has 2 atom stereocenters. The number of ketones is 2. The van der Waals surface area contributed by atoms with E-state index in [0.29, 0.717) is 11.1 Å². The van der Waals surface area contributed by atoms with Crippen molar-refractivity contribution in [2.24, 2.45) is 0 Å². The molecule has 0 saturated carbocycles. The first-order valence-electron chi connectivity index (χ1n) is 8.10. The van der Waals surface area contributed by atoms with Gasteiger partial charge in [0, 0.05) is 11.1 Å². The summed E-state index contributed by atoms with van der Waals surface area (Å²) in [6.45, 7) is 3.37. The summed E-state index contributed by atoms with van der Waals surface area (Å²) >= 11 is 0. The topological polar surface area (TPSA) is 181 Å². The van der Waals surface area contributed by atoms with Crippen LogP contribution in [0.25, 0.3) is 0 Å². The summed E-state index contributed by atoms with van der Waals surface area (Å²) < 4.78 is 0. The van der Waals surface area contributed by atoms with E-state index in [2.05, 4.69) is 0 Å². The third kappa shape index (κ3) is 3.79. The van der Waals surface area contributed by atoms with Crippen molar-refractivity contribution in [1.29, 1.82) is 0 Å². The normalized spacial score (nSPS) is 14.6. The maximum Gasteiger partial charge on any atom is 0.348 e. The number of hydrogen-bond acceptors (Lipinski definition) is 6. The van der Waals surface area contributed by atoms with E-state index in [1.54, 1.807) is 13.8 Å². The van der Waals surface area contributed by atoms with E-state index in [1.807, 2.05) is 0 Å². The van der Waals surface area contributed by atoms with Crippen LogP contribution < -0.4 is 0 Å². The number of aryl methyl sites for hydroxylation is 2. The summed E-state index contributed by atoms with van der Waals surface area (Å²) in [7, 11) is 0. The number of aliphatic carboxylic acids is 2. The number of benzene rings is 2.